The van der Waals surface area contributed by atoms with Crippen molar-refractivity contribution in [1.29, 1.82) is 0 Å². The SMILES string of the molecule is CC1CCC(Nc2cnc(C(C)C)nc2C(=O)O)CC1. The van der Waals surface area contributed by atoms with E-state index in [1.165, 1.54) is 12.8 Å². The third-order valence-corrected chi connectivity index (χ3v) is 3.90. The van der Waals surface area contributed by atoms with Crippen LogP contribution < -0.4 is 5.32 Å². The van der Waals surface area contributed by atoms with Gasteiger partial charge in [-0.15, -0.1) is 0 Å². The first-order valence-electron chi connectivity index (χ1n) is 7.34. The molecule has 1 aliphatic carbocycles. The second kappa shape index (κ2) is 6.20. The highest BCUT2D eigenvalue weighted by molar-refractivity contribution is 5.91. The van der Waals surface area contributed by atoms with E-state index in [1.807, 2.05) is 13.8 Å². The van der Waals surface area contributed by atoms with E-state index in [1.54, 1.807) is 6.20 Å². The van der Waals surface area contributed by atoms with Gasteiger partial charge in [0.2, 0.25) is 0 Å². The van der Waals surface area contributed by atoms with Crippen molar-refractivity contribution in [2.45, 2.75) is 58.4 Å². The topological polar surface area (TPSA) is 75.1 Å². The Balaban J connectivity index is 2.16. The van der Waals surface area contributed by atoms with Gasteiger partial charge in [-0.25, -0.2) is 14.8 Å². The number of nitrogens with zero attached hydrogens (tertiary/aromatic N) is 2. The van der Waals surface area contributed by atoms with Crippen LogP contribution in [-0.4, -0.2) is 27.1 Å². The van der Waals surface area contributed by atoms with Crippen LogP contribution in [-0.2, 0) is 0 Å². The molecule has 0 amide bonds. The Morgan fingerprint density at radius 3 is 2.55 bits per heavy atom. The molecule has 110 valence electrons. The number of anilines is 1. The van der Waals surface area contributed by atoms with E-state index in [0.717, 1.165) is 18.8 Å². The molecule has 5 nitrogen and oxygen atoms in total. The standard InChI is InChI=1S/C15H23N3O2/c1-9(2)14-16-8-12(13(18-14)15(19)20)17-11-6-4-10(3)5-7-11/h8-11,17H,4-7H2,1-3H3,(H,19,20). The number of carboxylic acids is 1. The van der Waals surface area contributed by atoms with Crippen LogP contribution >= 0.6 is 0 Å². The summed E-state index contributed by atoms with van der Waals surface area (Å²) in [6, 6.07) is 0.331. The summed E-state index contributed by atoms with van der Waals surface area (Å²) in [6.07, 6.45) is 6.14. The van der Waals surface area contributed by atoms with Gasteiger partial charge in [0.25, 0.3) is 0 Å². The lowest BCUT2D eigenvalue weighted by Crippen LogP contribution is -2.26. The molecule has 1 heterocycles. The van der Waals surface area contributed by atoms with Gasteiger partial charge >= 0.3 is 5.97 Å². The number of hydrogen-bond acceptors (Lipinski definition) is 4. The van der Waals surface area contributed by atoms with Gasteiger partial charge < -0.3 is 10.4 Å². The van der Waals surface area contributed by atoms with E-state index < -0.39 is 5.97 Å². The molecule has 2 rings (SSSR count). The van der Waals surface area contributed by atoms with E-state index in [0.29, 0.717) is 17.6 Å². The Morgan fingerprint density at radius 2 is 2.00 bits per heavy atom. The highest BCUT2D eigenvalue weighted by Gasteiger charge is 2.21. The molecule has 0 unspecified atom stereocenters. The van der Waals surface area contributed by atoms with E-state index in [-0.39, 0.29) is 11.6 Å². The largest absolute Gasteiger partial charge is 0.476 e. The number of rotatable bonds is 4. The third kappa shape index (κ3) is 3.46. The van der Waals surface area contributed by atoms with E-state index in [4.69, 9.17) is 0 Å². The van der Waals surface area contributed by atoms with Gasteiger partial charge in [-0.1, -0.05) is 20.8 Å². The molecule has 20 heavy (non-hydrogen) atoms. The summed E-state index contributed by atoms with van der Waals surface area (Å²) >= 11 is 0. The molecule has 0 bridgehead atoms. The fourth-order valence-electron chi connectivity index (χ4n) is 2.57. The van der Waals surface area contributed by atoms with Crippen LogP contribution in [0.1, 0.15) is 68.7 Å². The van der Waals surface area contributed by atoms with Crippen LogP contribution in [0.25, 0.3) is 0 Å². The maximum atomic E-state index is 11.4. The van der Waals surface area contributed by atoms with Crippen molar-refractivity contribution >= 4 is 11.7 Å². The summed E-state index contributed by atoms with van der Waals surface area (Å²) in [7, 11) is 0. The molecule has 0 spiro atoms. The van der Waals surface area contributed by atoms with Gasteiger partial charge in [0.15, 0.2) is 5.69 Å². The van der Waals surface area contributed by atoms with E-state index >= 15 is 0 Å². The van der Waals surface area contributed by atoms with E-state index in [2.05, 4.69) is 22.2 Å². The summed E-state index contributed by atoms with van der Waals surface area (Å²) in [5, 5.41) is 12.6. The Hall–Kier alpha value is -1.65. The lowest BCUT2D eigenvalue weighted by Gasteiger charge is -2.28. The van der Waals surface area contributed by atoms with E-state index in [9.17, 15) is 9.90 Å². The summed E-state index contributed by atoms with van der Waals surface area (Å²) < 4.78 is 0. The predicted octanol–water partition coefficient (Wildman–Crippen LogP) is 3.29. The Kier molecular flexibility index (Phi) is 4.57. The molecule has 2 N–H and O–H groups in total. The summed E-state index contributed by atoms with van der Waals surface area (Å²) in [4.78, 5) is 19.8. The monoisotopic (exact) mass is 277 g/mol. The fraction of sp³-hybridized carbons (Fsp3) is 0.667. The molecule has 1 saturated carbocycles. The van der Waals surface area contributed by atoms with Crippen molar-refractivity contribution in [3.8, 4) is 0 Å². The maximum Gasteiger partial charge on any atom is 0.356 e. The van der Waals surface area contributed by atoms with Gasteiger partial charge in [0, 0.05) is 12.0 Å². The van der Waals surface area contributed by atoms with Gasteiger partial charge in [0.1, 0.15) is 5.82 Å². The van der Waals surface area contributed by atoms with Gasteiger partial charge in [-0.3, -0.25) is 0 Å². The van der Waals surface area contributed by atoms with Crippen LogP contribution in [0, 0.1) is 5.92 Å². The second-order valence-electron chi connectivity index (χ2n) is 6.05. The van der Waals surface area contributed by atoms with Crippen molar-refractivity contribution in [3.63, 3.8) is 0 Å². The average molecular weight is 277 g/mol. The van der Waals surface area contributed by atoms with Crippen molar-refractivity contribution in [2.24, 2.45) is 5.92 Å². The zero-order valence-corrected chi connectivity index (χ0v) is 12.4. The fourth-order valence-corrected chi connectivity index (χ4v) is 2.57. The van der Waals surface area contributed by atoms with Crippen molar-refractivity contribution in [2.75, 3.05) is 5.32 Å². The molecule has 1 aromatic rings. The van der Waals surface area contributed by atoms with Crippen LogP contribution in [0.5, 0.6) is 0 Å². The third-order valence-electron chi connectivity index (χ3n) is 3.90. The lowest BCUT2D eigenvalue weighted by atomic mass is 9.87. The highest BCUT2D eigenvalue weighted by Crippen LogP contribution is 2.27. The molecular formula is C15H23N3O2. The maximum absolute atomic E-state index is 11.4. The first-order chi connectivity index (χ1) is 9.47. The number of aromatic nitrogens is 2. The van der Waals surface area contributed by atoms with Gasteiger partial charge in [0.05, 0.1) is 11.9 Å². The minimum absolute atomic E-state index is 0.0855. The number of hydrogen-bond donors (Lipinski definition) is 2. The molecule has 1 fully saturated rings. The normalized spacial score (nSPS) is 22.8. The van der Waals surface area contributed by atoms with Crippen LogP contribution in [0.3, 0.4) is 0 Å². The second-order valence-corrected chi connectivity index (χ2v) is 6.05. The molecule has 5 heteroatoms. The molecule has 0 aliphatic heterocycles. The molecule has 0 saturated heterocycles. The Bertz CT molecular complexity index is 480. The Morgan fingerprint density at radius 1 is 1.35 bits per heavy atom. The van der Waals surface area contributed by atoms with Crippen LogP contribution in [0.4, 0.5) is 5.69 Å². The van der Waals surface area contributed by atoms with Crippen molar-refractivity contribution in [1.82, 2.24) is 9.97 Å². The zero-order valence-electron chi connectivity index (χ0n) is 12.4. The quantitative estimate of drug-likeness (QED) is 0.883. The highest BCUT2D eigenvalue weighted by atomic mass is 16.4. The molecular weight excluding hydrogens is 254 g/mol. The summed E-state index contributed by atoms with van der Waals surface area (Å²) in [5.41, 5.74) is 0.628. The number of carboxylic acid groups (broad SMARTS) is 1. The first kappa shape index (κ1) is 14.8. The molecule has 0 atom stereocenters. The smallest absolute Gasteiger partial charge is 0.356 e. The van der Waals surface area contributed by atoms with Crippen LogP contribution in [0.2, 0.25) is 0 Å². The molecule has 0 radical (unpaired) electrons. The minimum atomic E-state index is -0.999. The van der Waals surface area contributed by atoms with Gasteiger partial charge in [-0.2, -0.15) is 0 Å². The van der Waals surface area contributed by atoms with Gasteiger partial charge in [-0.05, 0) is 31.6 Å². The molecule has 1 aliphatic rings. The Labute approximate surface area is 119 Å². The average Bonchev–Trinajstić information content (AvgIpc) is 2.41. The lowest BCUT2D eigenvalue weighted by molar-refractivity contribution is 0.0691. The predicted molar refractivity (Wildman–Crippen MR) is 78.1 cm³/mol. The molecule has 1 aromatic heterocycles. The van der Waals surface area contributed by atoms with Crippen molar-refractivity contribution < 1.29 is 9.90 Å². The first-order valence-corrected chi connectivity index (χ1v) is 7.34. The number of nitrogens with one attached hydrogen (secondary N) is 1. The number of carbonyl (C=O) groups is 1. The summed E-state index contributed by atoms with van der Waals surface area (Å²) in [6.45, 7) is 6.17. The van der Waals surface area contributed by atoms with Crippen molar-refractivity contribution in [3.05, 3.63) is 17.7 Å². The minimum Gasteiger partial charge on any atom is -0.476 e. The summed E-state index contributed by atoms with van der Waals surface area (Å²) in [5.74, 6) is 0.468. The molecule has 0 aromatic carbocycles. The zero-order chi connectivity index (χ0) is 14.7. The number of aromatic carboxylic acids is 1. The van der Waals surface area contributed by atoms with Crippen LogP contribution in [0.15, 0.2) is 6.20 Å².